The Labute approximate surface area is 93.1 Å². The van der Waals surface area contributed by atoms with Crippen LogP contribution in [0.3, 0.4) is 0 Å². The van der Waals surface area contributed by atoms with Crippen LogP contribution in [0.25, 0.3) is 11.2 Å². The summed E-state index contributed by atoms with van der Waals surface area (Å²) in [6, 6.07) is 1.70. The Kier molecular flexibility index (Phi) is 2.60. The molecule has 0 N–H and O–H groups in total. The first-order valence-electron chi connectivity index (χ1n) is 5.09. The van der Waals surface area contributed by atoms with Crippen molar-refractivity contribution in [1.82, 2.24) is 14.5 Å². The summed E-state index contributed by atoms with van der Waals surface area (Å²) < 4.78 is 6.78. The lowest BCUT2D eigenvalue weighted by Gasteiger charge is -2.00. The zero-order valence-electron chi connectivity index (χ0n) is 9.52. The van der Waals surface area contributed by atoms with E-state index in [1.165, 1.54) is 6.20 Å². The number of hydrogen-bond acceptors (Lipinski definition) is 4. The highest BCUT2D eigenvalue weighted by Gasteiger charge is 2.11. The largest absolute Gasteiger partial charge is 0.462 e. The molecule has 0 spiro atoms. The first-order valence-corrected chi connectivity index (χ1v) is 5.09. The molecule has 2 aromatic heterocycles. The third-order valence-electron chi connectivity index (χ3n) is 2.44. The molecule has 2 heterocycles. The number of rotatable bonds is 2. The number of nitrogens with zero attached hydrogens (tertiary/aromatic N) is 3. The Hall–Kier alpha value is -1.91. The Morgan fingerprint density at radius 3 is 3.00 bits per heavy atom. The van der Waals surface area contributed by atoms with E-state index in [4.69, 9.17) is 4.74 Å². The molecule has 0 aromatic carbocycles. The average Bonchev–Trinajstić information content (AvgIpc) is 2.55. The summed E-state index contributed by atoms with van der Waals surface area (Å²) in [4.78, 5) is 20.0. The van der Waals surface area contributed by atoms with Gasteiger partial charge in [0.1, 0.15) is 11.3 Å². The molecule has 0 bridgehead atoms. The molecular formula is C11H13N3O2. The monoisotopic (exact) mass is 219 g/mol. The number of carbonyl (C=O) groups excluding carboxylic acids is 1. The van der Waals surface area contributed by atoms with Gasteiger partial charge in [-0.15, -0.1) is 0 Å². The smallest absolute Gasteiger partial charge is 0.339 e. The molecule has 0 unspecified atom stereocenters. The highest BCUT2D eigenvalue weighted by molar-refractivity contribution is 5.92. The standard InChI is InChI=1S/C11H13N3O2/c1-4-16-11(15)8-5-9-10(12-6-8)14(3)7(2)13-9/h5-6H,4H2,1-3H3. The normalized spacial score (nSPS) is 10.7. The third kappa shape index (κ3) is 1.64. The second-order valence-corrected chi connectivity index (χ2v) is 3.51. The number of esters is 1. The topological polar surface area (TPSA) is 57.0 Å². The van der Waals surface area contributed by atoms with Crippen LogP contribution in [-0.2, 0) is 11.8 Å². The highest BCUT2D eigenvalue weighted by Crippen LogP contribution is 2.14. The SMILES string of the molecule is CCOC(=O)c1cnc2c(c1)nc(C)n2C. The molecule has 5 heteroatoms. The van der Waals surface area contributed by atoms with Crippen molar-refractivity contribution in [1.29, 1.82) is 0 Å². The van der Waals surface area contributed by atoms with Crippen LogP contribution < -0.4 is 0 Å². The van der Waals surface area contributed by atoms with E-state index in [0.717, 1.165) is 11.5 Å². The van der Waals surface area contributed by atoms with Gasteiger partial charge in [-0.25, -0.2) is 14.8 Å². The van der Waals surface area contributed by atoms with Crippen LogP contribution in [0.5, 0.6) is 0 Å². The zero-order chi connectivity index (χ0) is 11.7. The molecule has 2 aromatic rings. The van der Waals surface area contributed by atoms with Gasteiger partial charge in [-0.05, 0) is 19.9 Å². The Morgan fingerprint density at radius 2 is 2.31 bits per heavy atom. The van der Waals surface area contributed by atoms with E-state index in [1.54, 1.807) is 13.0 Å². The van der Waals surface area contributed by atoms with Gasteiger partial charge in [-0.2, -0.15) is 0 Å². The molecule has 0 atom stereocenters. The van der Waals surface area contributed by atoms with Gasteiger partial charge in [0.2, 0.25) is 0 Å². The van der Waals surface area contributed by atoms with Crippen molar-refractivity contribution in [2.45, 2.75) is 13.8 Å². The van der Waals surface area contributed by atoms with Gasteiger partial charge in [0.25, 0.3) is 0 Å². The predicted octanol–water partition coefficient (Wildman–Crippen LogP) is 1.45. The zero-order valence-corrected chi connectivity index (χ0v) is 9.52. The maximum absolute atomic E-state index is 11.5. The lowest BCUT2D eigenvalue weighted by molar-refractivity contribution is 0.0526. The number of hydrogen-bond donors (Lipinski definition) is 0. The molecule has 5 nitrogen and oxygen atoms in total. The number of ether oxygens (including phenoxy) is 1. The van der Waals surface area contributed by atoms with E-state index in [1.807, 2.05) is 18.5 Å². The minimum absolute atomic E-state index is 0.359. The fraction of sp³-hybridized carbons (Fsp3) is 0.364. The summed E-state index contributed by atoms with van der Waals surface area (Å²) in [6.45, 7) is 4.03. The number of imidazole rings is 1. The Morgan fingerprint density at radius 1 is 1.56 bits per heavy atom. The van der Waals surface area contributed by atoms with E-state index in [2.05, 4.69) is 9.97 Å². The minimum Gasteiger partial charge on any atom is -0.462 e. The first kappa shape index (κ1) is 10.6. The molecule has 0 saturated heterocycles. The van der Waals surface area contributed by atoms with Gasteiger partial charge in [0.15, 0.2) is 5.65 Å². The summed E-state index contributed by atoms with van der Waals surface area (Å²) in [5.74, 6) is 0.503. The van der Waals surface area contributed by atoms with Crippen LogP contribution in [0, 0.1) is 6.92 Å². The van der Waals surface area contributed by atoms with E-state index in [0.29, 0.717) is 17.7 Å². The van der Waals surface area contributed by atoms with E-state index >= 15 is 0 Å². The fourth-order valence-electron chi connectivity index (χ4n) is 1.52. The molecule has 84 valence electrons. The van der Waals surface area contributed by atoms with Gasteiger partial charge in [-0.1, -0.05) is 0 Å². The maximum atomic E-state index is 11.5. The van der Waals surface area contributed by atoms with Gasteiger partial charge < -0.3 is 9.30 Å². The fourth-order valence-corrected chi connectivity index (χ4v) is 1.52. The van der Waals surface area contributed by atoms with Gasteiger partial charge in [0, 0.05) is 13.2 Å². The number of carbonyl (C=O) groups is 1. The van der Waals surface area contributed by atoms with Crippen LogP contribution in [0.15, 0.2) is 12.3 Å². The molecule has 16 heavy (non-hydrogen) atoms. The third-order valence-corrected chi connectivity index (χ3v) is 2.44. The maximum Gasteiger partial charge on any atom is 0.339 e. The van der Waals surface area contributed by atoms with Crippen LogP contribution in [0.1, 0.15) is 23.1 Å². The Balaban J connectivity index is 2.48. The first-order chi connectivity index (χ1) is 7.63. The van der Waals surface area contributed by atoms with E-state index in [9.17, 15) is 4.79 Å². The van der Waals surface area contributed by atoms with Crippen molar-refractivity contribution >= 4 is 17.1 Å². The summed E-state index contributed by atoms with van der Waals surface area (Å²) in [6.07, 6.45) is 1.52. The van der Waals surface area contributed by atoms with Crippen molar-refractivity contribution in [3.8, 4) is 0 Å². The quantitative estimate of drug-likeness (QED) is 0.717. The second kappa shape index (κ2) is 3.92. The van der Waals surface area contributed by atoms with Crippen LogP contribution in [-0.4, -0.2) is 27.1 Å². The molecule has 0 aliphatic carbocycles. The molecule has 0 radical (unpaired) electrons. The molecule has 0 saturated carbocycles. The van der Waals surface area contributed by atoms with Crippen LogP contribution in [0.4, 0.5) is 0 Å². The van der Waals surface area contributed by atoms with Gasteiger partial charge >= 0.3 is 5.97 Å². The summed E-state index contributed by atoms with van der Waals surface area (Å²) in [7, 11) is 1.89. The number of fused-ring (bicyclic) bond motifs is 1. The van der Waals surface area contributed by atoms with Crippen molar-refractivity contribution in [3.05, 3.63) is 23.7 Å². The van der Waals surface area contributed by atoms with Crippen molar-refractivity contribution in [2.24, 2.45) is 7.05 Å². The van der Waals surface area contributed by atoms with Crippen molar-refractivity contribution < 1.29 is 9.53 Å². The van der Waals surface area contributed by atoms with E-state index < -0.39 is 0 Å². The second-order valence-electron chi connectivity index (χ2n) is 3.51. The molecular weight excluding hydrogens is 206 g/mol. The number of pyridine rings is 1. The highest BCUT2D eigenvalue weighted by atomic mass is 16.5. The predicted molar refractivity (Wildman–Crippen MR) is 59.2 cm³/mol. The van der Waals surface area contributed by atoms with E-state index in [-0.39, 0.29) is 5.97 Å². The molecule has 2 rings (SSSR count). The summed E-state index contributed by atoms with van der Waals surface area (Å²) in [5.41, 5.74) is 1.92. The summed E-state index contributed by atoms with van der Waals surface area (Å²) in [5, 5.41) is 0. The van der Waals surface area contributed by atoms with Gasteiger partial charge in [-0.3, -0.25) is 0 Å². The van der Waals surface area contributed by atoms with Crippen molar-refractivity contribution in [3.63, 3.8) is 0 Å². The molecule has 0 fully saturated rings. The van der Waals surface area contributed by atoms with Crippen LogP contribution in [0.2, 0.25) is 0 Å². The minimum atomic E-state index is -0.361. The Bertz CT molecular complexity index is 545. The number of aromatic nitrogens is 3. The molecule has 0 amide bonds. The van der Waals surface area contributed by atoms with Crippen molar-refractivity contribution in [2.75, 3.05) is 6.61 Å². The van der Waals surface area contributed by atoms with Crippen LogP contribution >= 0.6 is 0 Å². The number of aryl methyl sites for hydroxylation is 2. The molecule has 0 aliphatic heterocycles. The molecule has 0 aliphatic rings. The summed E-state index contributed by atoms with van der Waals surface area (Å²) >= 11 is 0. The van der Waals surface area contributed by atoms with Gasteiger partial charge in [0.05, 0.1) is 12.2 Å². The lowest BCUT2D eigenvalue weighted by Crippen LogP contribution is -2.05. The average molecular weight is 219 g/mol. The lowest BCUT2D eigenvalue weighted by atomic mass is 10.3.